The maximum atomic E-state index is 13.4. The summed E-state index contributed by atoms with van der Waals surface area (Å²) >= 11 is 0. The van der Waals surface area contributed by atoms with Gasteiger partial charge in [0.2, 0.25) is 0 Å². The maximum absolute atomic E-state index is 13.4. The van der Waals surface area contributed by atoms with Crippen molar-refractivity contribution in [2.24, 2.45) is 10.7 Å². The van der Waals surface area contributed by atoms with Crippen LogP contribution in [0.2, 0.25) is 0 Å². The number of hydrogen-bond donors (Lipinski definition) is 3. The molecule has 196 valence electrons. The molecule has 0 atom stereocenters. The summed E-state index contributed by atoms with van der Waals surface area (Å²) in [6.45, 7) is 1.71. The summed E-state index contributed by atoms with van der Waals surface area (Å²) in [5.74, 6) is -1.79. The van der Waals surface area contributed by atoms with Gasteiger partial charge in [-0.3, -0.25) is 4.79 Å². The van der Waals surface area contributed by atoms with Crippen LogP contribution in [-0.4, -0.2) is 50.9 Å². The molecule has 0 bridgehead atoms. The van der Waals surface area contributed by atoms with Crippen LogP contribution in [0.1, 0.15) is 27.9 Å². The summed E-state index contributed by atoms with van der Waals surface area (Å²) in [7, 11) is 6.01. The summed E-state index contributed by atoms with van der Waals surface area (Å²) < 4.78 is 32.5. The Morgan fingerprint density at radius 3 is 2.24 bits per heavy atom. The Morgan fingerprint density at radius 1 is 0.892 bits per heavy atom. The molecule has 0 saturated carbocycles. The van der Waals surface area contributed by atoms with E-state index in [9.17, 15) is 13.6 Å². The summed E-state index contributed by atoms with van der Waals surface area (Å²) in [6.07, 6.45) is 0.980. The number of carbonyl (C=O) groups is 1. The first kappa shape index (κ1) is 27.4. The average Bonchev–Trinajstić information content (AvgIpc) is 2.82. The molecule has 0 spiro atoms. The van der Waals surface area contributed by atoms with E-state index in [0.717, 1.165) is 31.3 Å². The van der Waals surface area contributed by atoms with Gasteiger partial charge in [-0.25, -0.2) is 8.78 Å². The molecule has 3 aromatic carbocycles. The molecule has 0 heterocycles. The highest BCUT2D eigenvalue weighted by molar-refractivity contribution is 6.12. The van der Waals surface area contributed by atoms with Crippen molar-refractivity contribution >= 4 is 28.8 Å². The Kier molecular flexibility index (Phi) is 9.02. The van der Waals surface area contributed by atoms with Crippen molar-refractivity contribution < 1.29 is 18.3 Å². The summed E-state index contributed by atoms with van der Waals surface area (Å²) in [4.78, 5) is 21.0. The standard InChI is InChI=1S/C27H32F2N6O2/c1-34(2)9-4-10-35(3)20-5-7-22(25(31)14-20)27(36)33-26(32)23-15-21(6-8-24(23)30)37-16-17-11-18(28)13-19(29)12-17/h5-8,11-15H,4,9-10,16,30-31H2,1-3H3,(H2,32,33,36). The Hall–Kier alpha value is -4.18. The first-order valence-electron chi connectivity index (χ1n) is 11.6. The normalized spacial score (nSPS) is 11.6. The summed E-state index contributed by atoms with van der Waals surface area (Å²) in [6, 6.07) is 12.9. The zero-order chi connectivity index (χ0) is 27.1. The Morgan fingerprint density at radius 2 is 1.59 bits per heavy atom. The van der Waals surface area contributed by atoms with Crippen LogP contribution >= 0.6 is 0 Å². The molecule has 6 N–H and O–H groups in total. The smallest absolute Gasteiger partial charge is 0.281 e. The lowest BCUT2D eigenvalue weighted by molar-refractivity contribution is 0.100. The highest BCUT2D eigenvalue weighted by atomic mass is 19.1. The van der Waals surface area contributed by atoms with Crippen molar-refractivity contribution in [3.8, 4) is 5.75 Å². The van der Waals surface area contributed by atoms with Crippen LogP contribution in [0, 0.1) is 11.6 Å². The van der Waals surface area contributed by atoms with Crippen LogP contribution in [0.25, 0.3) is 0 Å². The lowest BCUT2D eigenvalue weighted by Crippen LogP contribution is -2.23. The number of hydrogen-bond acceptors (Lipinski definition) is 6. The number of rotatable bonds is 10. The third-order valence-corrected chi connectivity index (χ3v) is 5.66. The summed E-state index contributed by atoms with van der Waals surface area (Å²) in [5.41, 5.74) is 20.6. The minimum Gasteiger partial charge on any atom is -0.489 e. The Bertz CT molecular complexity index is 1280. The molecular formula is C27H32F2N6O2. The molecule has 0 aliphatic carbocycles. The van der Waals surface area contributed by atoms with E-state index in [1.165, 1.54) is 18.2 Å². The number of halogens is 2. The van der Waals surface area contributed by atoms with Gasteiger partial charge in [-0.15, -0.1) is 0 Å². The van der Waals surface area contributed by atoms with Gasteiger partial charge in [-0.2, -0.15) is 4.99 Å². The lowest BCUT2D eigenvalue weighted by atomic mass is 10.1. The number of benzene rings is 3. The Labute approximate surface area is 215 Å². The molecule has 1 amide bonds. The van der Waals surface area contributed by atoms with Crippen molar-refractivity contribution in [2.75, 3.05) is 50.6 Å². The van der Waals surface area contributed by atoms with E-state index in [0.29, 0.717) is 11.3 Å². The molecule has 37 heavy (non-hydrogen) atoms. The van der Waals surface area contributed by atoms with Gasteiger partial charge in [-0.1, -0.05) is 0 Å². The van der Waals surface area contributed by atoms with Crippen molar-refractivity contribution in [2.45, 2.75) is 13.0 Å². The quantitative estimate of drug-likeness (QED) is 0.216. The number of nitrogens with two attached hydrogens (primary N) is 3. The fraction of sp³-hybridized carbons (Fsp3) is 0.259. The van der Waals surface area contributed by atoms with Crippen molar-refractivity contribution in [3.63, 3.8) is 0 Å². The van der Waals surface area contributed by atoms with E-state index < -0.39 is 17.5 Å². The predicted octanol–water partition coefficient (Wildman–Crippen LogP) is 3.64. The topological polar surface area (TPSA) is 123 Å². The first-order chi connectivity index (χ1) is 17.5. The van der Waals surface area contributed by atoms with E-state index in [4.69, 9.17) is 21.9 Å². The molecule has 0 aromatic heterocycles. The van der Waals surface area contributed by atoms with Gasteiger partial charge in [0.15, 0.2) is 0 Å². The molecule has 8 nitrogen and oxygen atoms in total. The molecule has 3 rings (SSSR count). The van der Waals surface area contributed by atoms with Gasteiger partial charge >= 0.3 is 0 Å². The van der Waals surface area contributed by atoms with E-state index in [-0.39, 0.29) is 34.9 Å². The molecule has 0 radical (unpaired) electrons. The summed E-state index contributed by atoms with van der Waals surface area (Å²) in [5, 5.41) is 0. The molecule has 0 aliphatic heterocycles. The number of nitrogen functional groups attached to an aromatic ring is 2. The number of nitrogens with zero attached hydrogens (tertiary/aromatic N) is 3. The van der Waals surface area contributed by atoms with E-state index in [2.05, 4.69) is 14.8 Å². The fourth-order valence-electron chi connectivity index (χ4n) is 3.67. The maximum Gasteiger partial charge on any atom is 0.281 e. The minimum absolute atomic E-state index is 0.0828. The van der Waals surface area contributed by atoms with Crippen LogP contribution in [0.15, 0.2) is 59.6 Å². The van der Waals surface area contributed by atoms with Gasteiger partial charge in [-0.05, 0) is 81.2 Å². The predicted molar refractivity (Wildman–Crippen MR) is 144 cm³/mol. The first-order valence-corrected chi connectivity index (χ1v) is 11.6. The van der Waals surface area contributed by atoms with Crippen LogP contribution in [0.5, 0.6) is 5.75 Å². The van der Waals surface area contributed by atoms with Crippen LogP contribution in [0.3, 0.4) is 0 Å². The molecule has 0 aliphatic rings. The zero-order valence-electron chi connectivity index (χ0n) is 21.2. The highest BCUT2D eigenvalue weighted by Crippen LogP contribution is 2.24. The van der Waals surface area contributed by atoms with Crippen molar-refractivity contribution in [1.29, 1.82) is 0 Å². The number of anilines is 3. The number of ether oxygens (including phenoxy) is 1. The molecule has 0 fully saturated rings. The number of carbonyl (C=O) groups excluding carboxylic acids is 1. The molecule has 10 heteroatoms. The largest absolute Gasteiger partial charge is 0.489 e. The van der Waals surface area contributed by atoms with E-state index in [1.807, 2.05) is 27.2 Å². The lowest BCUT2D eigenvalue weighted by Gasteiger charge is -2.21. The average molecular weight is 511 g/mol. The van der Waals surface area contributed by atoms with Crippen LogP contribution < -0.4 is 26.8 Å². The molecule has 0 saturated heterocycles. The zero-order valence-corrected chi connectivity index (χ0v) is 21.2. The highest BCUT2D eigenvalue weighted by Gasteiger charge is 2.14. The number of amides is 1. The van der Waals surface area contributed by atoms with Crippen molar-refractivity contribution in [3.05, 3.63) is 82.9 Å². The fourth-order valence-corrected chi connectivity index (χ4v) is 3.67. The van der Waals surface area contributed by atoms with Gasteiger partial charge < -0.3 is 31.7 Å². The van der Waals surface area contributed by atoms with E-state index >= 15 is 0 Å². The minimum atomic E-state index is -0.699. The second kappa shape index (κ2) is 12.2. The molecule has 3 aromatic rings. The monoisotopic (exact) mass is 510 g/mol. The van der Waals surface area contributed by atoms with Gasteiger partial charge in [0, 0.05) is 42.3 Å². The second-order valence-corrected chi connectivity index (χ2v) is 8.97. The van der Waals surface area contributed by atoms with Gasteiger partial charge in [0.25, 0.3) is 5.91 Å². The molecule has 0 unspecified atom stereocenters. The van der Waals surface area contributed by atoms with E-state index in [1.54, 1.807) is 24.3 Å². The Balaban J connectivity index is 1.72. The van der Waals surface area contributed by atoms with Crippen LogP contribution in [0.4, 0.5) is 25.8 Å². The van der Waals surface area contributed by atoms with Gasteiger partial charge in [0.1, 0.15) is 29.8 Å². The number of amidine groups is 1. The van der Waals surface area contributed by atoms with Crippen molar-refractivity contribution in [1.82, 2.24) is 4.90 Å². The van der Waals surface area contributed by atoms with Gasteiger partial charge in [0.05, 0.1) is 5.56 Å². The SMILES string of the molecule is CN(C)CCCN(C)c1ccc(C(=O)N=C(N)c2cc(OCc3cc(F)cc(F)c3)ccc2N)c(N)c1. The second-order valence-electron chi connectivity index (χ2n) is 8.97. The third-order valence-electron chi connectivity index (χ3n) is 5.66. The number of aliphatic imine (C=N–C) groups is 1. The van der Waals surface area contributed by atoms with Crippen LogP contribution in [-0.2, 0) is 6.61 Å². The third kappa shape index (κ3) is 7.65. The molecular weight excluding hydrogens is 478 g/mol.